The van der Waals surface area contributed by atoms with Gasteiger partial charge in [-0.1, -0.05) is 0 Å². The Morgan fingerprint density at radius 2 is 2.00 bits per heavy atom. The number of carbonyl (C=O) groups is 2. The molecule has 1 aromatic carbocycles. The summed E-state index contributed by atoms with van der Waals surface area (Å²) in [6.45, 7) is 1.29. The van der Waals surface area contributed by atoms with Gasteiger partial charge in [0.05, 0.1) is 19.0 Å². The molecule has 2 aromatic rings. The predicted molar refractivity (Wildman–Crippen MR) is 85.8 cm³/mol. The van der Waals surface area contributed by atoms with Crippen LogP contribution in [0.15, 0.2) is 30.5 Å². The number of nitrogens with one attached hydrogen (secondary N) is 3. The van der Waals surface area contributed by atoms with E-state index in [0.717, 1.165) is 5.56 Å². The van der Waals surface area contributed by atoms with E-state index in [1.54, 1.807) is 19.2 Å². The number of nitrogens with two attached hydrogens (primary N) is 1. The number of amides is 2. The van der Waals surface area contributed by atoms with Gasteiger partial charge in [-0.15, -0.1) is 0 Å². The normalized spacial score (nSPS) is 18.9. The highest BCUT2D eigenvalue weighted by atomic mass is 16.5. The number of benzene rings is 1. The SMILES string of the molecule is COc1ccc(-c2cnc3c(n2)NC(N)(NC(C)=O)NC3=O)cc1. The molecule has 0 bridgehead atoms. The molecule has 0 aliphatic carbocycles. The molecule has 0 saturated carbocycles. The number of methoxy groups -OCH3 is 1. The van der Waals surface area contributed by atoms with Crippen LogP contribution < -0.4 is 26.4 Å². The summed E-state index contributed by atoms with van der Waals surface area (Å²) in [5, 5.41) is 7.63. The van der Waals surface area contributed by atoms with E-state index < -0.39 is 17.7 Å². The van der Waals surface area contributed by atoms with E-state index in [1.165, 1.54) is 13.1 Å². The zero-order valence-electron chi connectivity index (χ0n) is 13.1. The summed E-state index contributed by atoms with van der Waals surface area (Å²) < 4.78 is 5.12. The van der Waals surface area contributed by atoms with Crippen LogP contribution in [0.2, 0.25) is 0 Å². The van der Waals surface area contributed by atoms with Crippen LogP contribution in [-0.2, 0) is 4.79 Å². The van der Waals surface area contributed by atoms with Gasteiger partial charge >= 0.3 is 0 Å². The van der Waals surface area contributed by atoms with E-state index in [-0.39, 0.29) is 11.5 Å². The molecule has 0 saturated heterocycles. The molecule has 0 radical (unpaired) electrons. The number of aromatic nitrogens is 2. The second-order valence-corrected chi connectivity index (χ2v) is 5.25. The Bertz CT molecular complexity index is 807. The monoisotopic (exact) mass is 328 g/mol. The third kappa shape index (κ3) is 2.97. The van der Waals surface area contributed by atoms with Crippen LogP contribution in [0.5, 0.6) is 5.75 Å². The van der Waals surface area contributed by atoms with Gasteiger partial charge < -0.3 is 15.4 Å². The average molecular weight is 328 g/mol. The van der Waals surface area contributed by atoms with Crippen molar-refractivity contribution in [1.82, 2.24) is 20.6 Å². The van der Waals surface area contributed by atoms with Crippen LogP contribution in [-0.4, -0.2) is 34.8 Å². The van der Waals surface area contributed by atoms with Crippen molar-refractivity contribution in [1.29, 1.82) is 0 Å². The van der Waals surface area contributed by atoms with Crippen molar-refractivity contribution in [3.63, 3.8) is 0 Å². The second kappa shape index (κ2) is 5.78. The van der Waals surface area contributed by atoms with Crippen LogP contribution in [0, 0.1) is 0 Å². The summed E-state index contributed by atoms with van der Waals surface area (Å²) >= 11 is 0. The first-order valence-corrected chi connectivity index (χ1v) is 7.10. The highest BCUT2D eigenvalue weighted by Crippen LogP contribution is 2.24. The summed E-state index contributed by atoms with van der Waals surface area (Å²) in [6, 6.07) is 7.23. The van der Waals surface area contributed by atoms with Crippen LogP contribution in [0.3, 0.4) is 0 Å². The Morgan fingerprint density at radius 1 is 1.29 bits per heavy atom. The second-order valence-electron chi connectivity index (χ2n) is 5.25. The van der Waals surface area contributed by atoms with Crippen molar-refractivity contribution in [2.45, 2.75) is 12.8 Å². The highest BCUT2D eigenvalue weighted by molar-refractivity contribution is 5.99. The standard InChI is InChI=1S/C15H16N6O3/c1-8(22)19-15(16)20-13-12(14(23)21-15)17-7-11(18-13)9-3-5-10(24-2)6-4-9/h3-7H,16H2,1-2H3,(H,18,20)(H,19,22)(H,21,23). The van der Waals surface area contributed by atoms with Gasteiger partial charge in [0, 0.05) is 12.5 Å². The van der Waals surface area contributed by atoms with E-state index in [0.29, 0.717) is 11.4 Å². The summed E-state index contributed by atoms with van der Waals surface area (Å²) in [6.07, 6.45) is 1.49. The number of rotatable bonds is 3. The molecule has 1 unspecified atom stereocenters. The van der Waals surface area contributed by atoms with Crippen molar-refractivity contribution in [3.05, 3.63) is 36.2 Å². The fraction of sp³-hybridized carbons (Fsp3) is 0.200. The Morgan fingerprint density at radius 3 is 2.62 bits per heavy atom. The van der Waals surface area contributed by atoms with Crippen molar-refractivity contribution >= 4 is 17.6 Å². The molecule has 5 N–H and O–H groups in total. The van der Waals surface area contributed by atoms with Crippen molar-refractivity contribution < 1.29 is 14.3 Å². The average Bonchev–Trinajstić information content (AvgIpc) is 2.53. The first-order chi connectivity index (χ1) is 11.4. The van der Waals surface area contributed by atoms with E-state index >= 15 is 0 Å². The number of carbonyl (C=O) groups excluding carboxylic acids is 2. The molecule has 1 aliphatic heterocycles. The molecular formula is C15H16N6O3. The molecule has 0 fully saturated rings. The lowest BCUT2D eigenvalue weighted by atomic mass is 10.1. The van der Waals surface area contributed by atoms with Gasteiger partial charge in [0.1, 0.15) is 5.75 Å². The van der Waals surface area contributed by atoms with Crippen molar-refractivity contribution in [3.8, 4) is 17.0 Å². The Kier molecular flexibility index (Phi) is 3.78. The van der Waals surface area contributed by atoms with Gasteiger partial charge in [-0.25, -0.2) is 9.97 Å². The first kappa shape index (κ1) is 15.7. The zero-order valence-corrected chi connectivity index (χ0v) is 13.1. The zero-order chi connectivity index (χ0) is 17.3. The maximum atomic E-state index is 12.1. The molecule has 2 amide bonds. The molecule has 1 aromatic heterocycles. The Labute approximate surface area is 137 Å². The number of ether oxygens (including phenoxy) is 1. The van der Waals surface area contributed by atoms with E-state index in [1.807, 2.05) is 12.1 Å². The number of hydrogen-bond acceptors (Lipinski definition) is 7. The minimum atomic E-state index is -1.62. The predicted octanol–water partition coefficient (Wildman–Crippen LogP) is 0.0136. The largest absolute Gasteiger partial charge is 0.497 e. The Balaban J connectivity index is 1.96. The maximum absolute atomic E-state index is 12.1. The van der Waals surface area contributed by atoms with Crippen molar-refractivity contribution in [2.24, 2.45) is 5.73 Å². The molecule has 124 valence electrons. The van der Waals surface area contributed by atoms with Crippen LogP contribution >= 0.6 is 0 Å². The minimum absolute atomic E-state index is 0.0960. The van der Waals surface area contributed by atoms with Gasteiger partial charge in [-0.05, 0) is 24.3 Å². The number of hydrogen-bond donors (Lipinski definition) is 4. The summed E-state index contributed by atoms with van der Waals surface area (Å²) in [5.41, 5.74) is 7.37. The quantitative estimate of drug-likeness (QED) is 0.584. The van der Waals surface area contributed by atoms with E-state index in [2.05, 4.69) is 25.9 Å². The third-order valence-corrected chi connectivity index (χ3v) is 3.37. The topological polar surface area (TPSA) is 131 Å². The van der Waals surface area contributed by atoms with E-state index in [9.17, 15) is 9.59 Å². The smallest absolute Gasteiger partial charge is 0.278 e. The molecular weight excluding hydrogens is 312 g/mol. The number of anilines is 1. The molecule has 9 heteroatoms. The summed E-state index contributed by atoms with van der Waals surface area (Å²) in [7, 11) is 1.58. The maximum Gasteiger partial charge on any atom is 0.278 e. The lowest BCUT2D eigenvalue weighted by Gasteiger charge is -2.35. The lowest BCUT2D eigenvalue weighted by Crippen LogP contribution is -2.73. The summed E-state index contributed by atoms with van der Waals surface area (Å²) in [5.74, 6) is -1.66. The van der Waals surface area contributed by atoms with Crippen LogP contribution in [0.1, 0.15) is 17.4 Å². The fourth-order valence-corrected chi connectivity index (χ4v) is 2.34. The van der Waals surface area contributed by atoms with Gasteiger partial charge in [-0.2, -0.15) is 0 Å². The van der Waals surface area contributed by atoms with Crippen molar-refractivity contribution in [2.75, 3.05) is 12.4 Å². The lowest BCUT2D eigenvalue weighted by molar-refractivity contribution is -0.120. The molecule has 9 nitrogen and oxygen atoms in total. The molecule has 1 atom stereocenters. The Hall–Kier alpha value is -3.20. The molecule has 24 heavy (non-hydrogen) atoms. The summed E-state index contributed by atoms with van der Waals surface area (Å²) in [4.78, 5) is 31.9. The van der Waals surface area contributed by atoms with Gasteiger partial charge in [-0.3, -0.25) is 20.6 Å². The molecule has 1 aliphatic rings. The minimum Gasteiger partial charge on any atom is -0.497 e. The molecule has 0 spiro atoms. The molecule has 3 rings (SSSR count). The molecule has 2 heterocycles. The van der Waals surface area contributed by atoms with Gasteiger partial charge in [0.2, 0.25) is 11.8 Å². The van der Waals surface area contributed by atoms with Crippen LogP contribution in [0.25, 0.3) is 11.3 Å². The van der Waals surface area contributed by atoms with Gasteiger partial charge in [0.25, 0.3) is 5.91 Å². The number of nitrogens with zero attached hydrogens (tertiary/aromatic N) is 2. The van der Waals surface area contributed by atoms with E-state index in [4.69, 9.17) is 10.5 Å². The highest BCUT2D eigenvalue weighted by Gasteiger charge is 2.36. The third-order valence-electron chi connectivity index (χ3n) is 3.37. The fourth-order valence-electron chi connectivity index (χ4n) is 2.34. The van der Waals surface area contributed by atoms with Gasteiger partial charge in [0.15, 0.2) is 11.5 Å². The number of fused-ring (bicyclic) bond motifs is 1. The van der Waals surface area contributed by atoms with Crippen LogP contribution in [0.4, 0.5) is 5.82 Å². The first-order valence-electron chi connectivity index (χ1n) is 7.10.